The minimum atomic E-state index is -0.780. The second-order valence-corrected chi connectivity index (χ2v) is 6.65. The second-order valence-electron chi connectivity index (χ2n) is 6.65. The van der Waals surface area contributed by atoms with Gasteiger partial charge in [-0.2, -0.15) is 0 Å². The van der Waals surface area contributed by atoms with Gasteiger partial charge < -0.3 is 15.2 Å². The average Bonchev–Trinajstić information content (AvgIpc) is 2.86. The molecule has 0 bridgehead atoms. The molecule has 2 N–H and O–H groups in total. The van der Waals surface area contributed by atoms with E-state index < -0.39 is 17.5 Å². The van der Waals surface area contributed by atoms with Gasteiger partial charge in [-0.25, -0.2) is 8.78 Å². The second kappa shape index (κ2) is 7.25. The lowest BCUT2D eigenvalue weighted by atomic mass is 10.1. The number of hydrogen-bond acceptors (Lipinski definition) is 2. The largest absolute Gasteiger partial charge is 0.358 e. The van der Waals surface area contributed by atoms with Crippen LogP contribution in [0.5, 0.6) is 0 Å². The normalized spacial score (nSPS) is 11.3. The van der Waals surface area contributed by atoms with Crippen molar-refractivity contribution in [3.63, 3.8) is 0 Å². The highest BCUT2D eigenvalue weighted by molar-refractivity contribution is 6.05. The molecular weight excluding hydrogens is 336 g/mol. The molecule has 6 heteroatoms. The van der Waals surface area contributed by atoms with Crippen molar-refractivity contribution < 1.29 is 13.6 Å². The molecular formula is C20H21F2N3O. The molecule has 0 aliphatic carbocycles. The van der Waals surface area contributed by atoms with E-state index in [1.165, 1.54) is 5.56 Å². The number of benzene rings is 2. The molecule has 2 aromatic carbocycles. The maximum Gasteiger partial charge on any atom is 0.255 e. The molecule has 0 unspecified atom stereocenters. The SMILES string of the molecule is Cc1[nH]c2ccc(NC(=O)c3cc(F)cc(F)c3)cc2c1CCN(C)C. The van der Waals surface area contributed by atoms with Crippen LogP contribution < -0.4 is 5.32 Å². The lowest BCUT2D eigenvalue weighted by Crippen LogP contribution is -2.15. The van der Waals surface area contributed by atoms with E-state index >= 15 is 0 Å². The molecule has 4 nitrogen and oxygen atoms in total. The zero-order valence-electron chi connectivity index (χ0n) is 15.0. The first-order chi connectivity index (χ1) is 12.3. The standard InChI is InChI=1S/C20H21F2N3O/c1-12-17(6-7-25(2)3)18-11-16(4-5-19(18)23-12)24-20(26)13-8-14(21)10-15(22)9-13/h4-5,8-11,23H,6-7H2,1-3H3,(H,24,26). The Morgan fingerprint density at radius 2 is 1.81 bits per heavy atom. The highest BCUT2D eigenvalue weighted by atomic mass is 19.1. The number of likely N-dealkylation sites (N-methyl/N-ethyl adjacent to an activating group) is 1. The molecule has 0 aliphatic heterocycles. The third-order valence-electron chi connectivity index (χ3n) is 4.31. The van der Waals surface area contributed by atoms with E-state index in [9.17, 15) is 13.6 Å². The molecule has 0 spiro atoms. The fourth-order valence-corrected chi connectivity index (χ4v) is 3.01. The molecule has 0 aliphatic rings. The number of carbonyl (C=O) groups is 1. The molecule has 3 rings (SSSR count). The molecule has 1 amide bonds. The van der Waals surface area contributed by atoms with E-state index in [1.54, 1.807) is 6.07 Å². The minimum absolute atomic E-state index is 0.0549. The molecule has 0 saturated carbocycles. The summed E-state index contributed by atoms with van der Waals surface area (Å²) in [5, 5.41) is 3.74. The van der Waals surface area contributed by atoms with E-state index in [2.05, 4.69) is 15.2 Å². The van der Waals surface area contributed by atoms with Crippen LogP contribution in [0, 0.1) is 18.6 Å². The van der Waals surface area contributed by atoms with Crippen LogP contribution >= 0.6 is 0 Å². The number of nitrogens with one attached hydrogen (secondary N) is 2. The summed E-state index contributed by atoms with van der Waals surface area (Å²) in [6.45, 7) is 2.94. The number of halogens is 2. The van der Waals surface area contributed by atoms with Crippen LogP contribution in [0.1, 0.15) is 21.6 Å². The van der Waals surface area contributed by atoms with Gasteiger partial charge in [0.05, 0.1) is 0 Å². The number of aromatic amines is 1. The quantitative estimate of drug-likeness (QED) is 0.722. The summed E-state index contributed by atoms with van der Waals surface area (Å²) < 4.78 is 26.6. The van der Waals surface area contributed by atoms with Crippen LogP contribution in [0.15, 0.2) is 36.4 Å². The summed E-state index contributed by atoms with van der Waals surface area (Å²) in [7, 11) is 4.04. The summed E-state index contributed by atoms with van der Waals surface area (Å²) in [6.07, 6.45) is 0.880. The molecule has 1 aromatic heterocycles. The summed E-state index contributed by atoms with van der Waals surface area (Å²) in [5.41, 5.74) is 3.81. The van der Waals surface area contributed by atoms with Crippen molar-refractivity contribution in [2.45, 2.75) is 13.3 Å². The molecule has 0 fully saturated rings. The van der Waals surface area contributed by atoms with Gasteiger partial charge in [-0.15, -0.1) is 0 Å². The van der Waals surface area contributed by atoms with Gasteiger partial charge in [0.1, 0.15) is 11.6 Å². The lowest BCUT2D eigenvalue weighted by Gasteiger charge is -2.10. The predicted octanol–water partition coefficient (Wildman–Crippen LogP) is 4.11. The van der Waals surface area contributed by atoms with Crippen molar-refractivity contribution >= 4 is 22.5 Å². The zero-order chi connectivity index (χ0) is 18.8. The Bertz CT molecular complexity index is 943. The van der Waals surface area contributed by atoms with Gasteiger partial charge in [-0.1, -0.05) is 0 Å². The third kappa shape index (κ3) is 3.91. The monoisotopic (exact) mass is 357 g/mol. The Morgan fingerprint density at radius 3 is 2.46 bits per heavy atom. The van der Waals surface area contributed by atoms with Gasteiger partial charge in [-0.05, 0) is 63.3 Å². The number of nitrogens with zero attached hydrogens (tertiary/aromatic N) is 1. The highest BCUT2D eigenvalue weighted by Gasteiger charge is 2.13. The van der Waals surface area contributed by atoms with Crippen LogP contribution in [-0.2, 0) is 6.42 Å². The lowest BCUT2D eigenvalue weighted by molar-refractivity contribution is 0.102. The average molecular weight is 357 g/mol. The van der Waals surface area contributed by atoms with Crippen molar-refractivity contribution in [3.8, 4) is 0 Å². The molecule has 1 heterocycles. The van der Waals surface area contributed by atoms with Gasteiger partial charge in [0.15, 0.2) is 0 Å². The molecule has 0 radical (unpaired) electrons. The fourth-order valence-electron chi connectivity index (χ4n) is 3.01. The first-order valence-electron chi connectivity index (χ1n) is 8.37. The molecule has 136 valence electrons. The third-order valence-corrected chi connectivity index (χ3v) is 4.31. The number of aromatic nitrogens is 1. The van der Waals surface area contributed by atoms with Gasteiger partial charge >= 0.3 is 0 Å². The van der Waals surface area contributed by atoms with Gasteiger partial charge in [0.25, 0.3) is 5.91 Å². The van der Waals surface area contributed by atoms with Gasteiger partial charge in [0.2, 0.25) is 0 Å². The van der Waals surface area contributed by atoms with E-state index in [4.69, 9.17) is 0 Å². The summed E-state index contributed by atoms with van der Waals surface area (Å²) in [6, 6.07) is 8.31. The van der Waals surface area contributed by atoms with Crippen molar-refractivity contribution in [1.82, 2.24) is 9.88 Å². The number of aryl methyl sites for hydroxylation is 1. The van der Waals surface area contributed by atoms with Gasteiger partial charge in [-0.3, -0.25) is 4.79 Å². The molecule has 3 aromatic rings. The van der Waals surface area contributed by atoms with Crippen LogP contribution in [0.25, 0.3) is 10.9 Å². The van der Waals surface area contributed by atoms with E-state index in [0.29, 0.717) is 5.69 Å². The van der Waals surface area contributed by atoms with E-state index in [0.717, 1.165) is 47.8 Å². The Balaban J connectivity index is 1.88. The van der Waals surface area contributed by atoms with Gasteiger partial charge in [0, 0.05) is 40.5 Å². The minimum Gasteiger partial charge on any atom is -0.358 e. The number of amides is 1. The Labute approximate surface area is 150 Å². The Hall–Kier alpha value is -2.73. The Morgan fingerprint density at radius 1 is 1.12 bits per heavy atom. The van der Waals surface area contributed by atoms with Crippen molar-refractivity contribution in [3.05, 3.63) is 64.9 Å². The van der Waals surface area contributed by atoms with Crippen molar-refractivity contribution in [1.29, 1.82) is 0 Å². The smallest absolute Gasteiger partial charge is 0.255 e. The molecule has 26 heavy (non-hydrogen) atoms. The number of fused-ring (bicyclic) bond motifs is 1. The van der Waals surface area contributed by atoms with Crippen molar-refractivity contribution in [2.75, 3.05) is 26.0 Å². The summed E-state index contributed by atoms with van der Waals surface area (Å²) in [4.78, 5) is 17.8. The zero-order valence-corrected chi connectivity index (χ0v) is 15.0. The molecule has 0 atom stereocenters. The summed E-state index contributed by atoms with van der Waals surface area (Å²) >= 11 is 0. The molecule has 0 saturated heterocycles. The van der Waals surface area contributed by atoms with Crippen molar-refractivity contribution in [2.24, 2.45) is 0 Å². The van der Waals surface area contributed by atoms with E-state index in [-0.39, 0.29) is 5.56 Å². The number of anilines is 1. The van der Waals surface area contributed by atoms with Crippen LogP contribution in [0.3, 0.4) is 0 Å². The first-order valence-corrected chi connectivity index (χ1v) is 8.37. The first kappa shape index (κ1) is 18.1. The van der Waals surface area contributed by atoms with Crippen LogP contribution in [0.4, 0.5) is 14.5 Å². The number of rotatable bonds is 5. The topological polar surface area (TPSA) is 48.1 Å². The summed E-state index contributed by atoms with van der Waals surface area (Å²) in [5.74, 6) is -2.11. The van der Waals surface area contributed by atoms with Crippen LogP contribution in [-0.4, -0.2) is 36.4 Å². The van der Waals surface area contributed by atoms with E-state index in [1.807, 2.05) is 33.2 Å². The predicted molar refractivity (Wildman–Crippen MR) is 99.6 cm³/mol. The van der Waals surface area contributed by atoms with Crippen LogP contribution in [0.2, 0.25) is 0 Å². The maximum atomic E-state index is 13.3. The Kier molecular flexibility index (Phi) is 5.04. The number of H-pyrrole nitrogens is 1. The number of carbonyl (C=O) groups excluding carboxylic acids is 1. The highest BCUT2D eigenvalue weighted by Crippen LogP contribution is 2.26. The number of hydrogen-bond donors (Lipinski definition) is 2. The fraction of sp³-hybridized carbons (Fsp3) is 0.250. The maximum absolute atomic E-state index is 13.3.